The zero-order valence-electron chi connectivity index (χ0n) is 9.34. The minimum absolute atomic E-state index is 0.235. The summed E-state index contributed by atoms with van der Waals surface area (Å²) < 4.78 is 0. The van der Waals surface area contributed by atoms with Crippen molar-refractivity contribution in [2.45, 2.75) is 65.0 Å². The van der Waals surface area contributed by atoms with E-state index in [1.54, 1.807) is 0 Å². The monoisotopic (exact) mass is 187 g/mol. The molecule has 0 saturated heterocycles. The molecule has 0 fully saturated rings. The standard InChI is InChI=1S/C11H25NO/c1-4-5-6-7-8-10(2)12-11(3)9-13/h10-13H,4-9H2,1-3H3. The van der Waals surface area contributed by atoms with Crippen molar-refractivity contribution >= 4 is 0 Å². The van der Waals surface area contributed by atoms with E-state index < -0.39 is 0 Å². The minimum Gasteiger partial charge on any atom is -0.395 e. The Labute approximate surface area is 82.7 Å². The van der Waals surface area contributed by atoms with Crippen molar-refractivity contribution in [1.29, 1.82) is 0 Å². The van der Waals surface area contributed by atoms with E-state index in [4.69, 9.17) is 5.11 Å². The van der Waals surface area contributed by atoms with Crippen LogP contribution in [0.4, 0.5) is 0 Å². The molecule has 0 aliphatic rings. The molecule has 0 aliphatic carbocycles. The van der Waals surface area contributed by atoms with Crippen molar-refractivity contribution in [1.82, 2.24) is 5.32 Å². The van der Waals surface area contributed by atoms with Gasteiger partial charge in [0.15, 0.2) is 0 Å². The smallest absolute Gasteiger partial charge is 0.0582 e. The molecule has 80 valence electrons. The molecule has 0 aromatic rings. The van der Waals surface area contributed by atoms with Gasteiger partial charge in [0.25, 0.3) is 0 Å². The van der Waals surface area contributed by atoms with E-state index in [-0.39, 0.29) is 12.6 Å². The predicted octanol–water partition coefficient (Wildman–Crippen LogP) is 2.32. The molecule has 0 bridgehead atoms. The third kappa shape index (κ3) is 8.26. The lowest BCUT2D eigenvalue weighted by Crippen LogP contribution is -2.36. The summed E-state index contributed by atoms with van der Waals surface area (Å²) in [6, 6.07) is 0.778. The van der Waals surface area contributed by atoms with Gasteiger partial charge in [-0.15, -0.1) is 0 Å². The van der Waals surface area contributed by atoms with Crippen molar-refractivity contribution in [3.05, 3.63) is 0 Å². The third-order valence-electron chi connectivity index (χ3n) is 2.33. The lowest BCUT2D eigenvalue weighted by atomic mass is 10.1. The average Bonchev–Trinajstić information content (AvgIpc) is 2.12. The van der Waals surface area contributed by atoms with Gasteiger partial charge in [0.2, 0.25) is 0 Å². The van der Waals surface area contributed by atoms with Gasteiger partial charge in [-0.1, -0.05) is 32.6 Å². The average molecular weight is 187 g/mol. The molecule has 0 amide bonds. The Morgan fingerprint density at radius 2 is 1.77 bits per heavy atom. The number of hydrogen-bond acceptors (Lipinski definition) is 2. The second-order valence-corrected chi connectivity index (χ2v) is 4.00. The van der Waals surface area contributed by atoms with Gasteiger partial charge in [-0.05, 0) is 20.3 Å². The van der Waals surface area contributed by atoms with Gasteiger partial charge >= 0.3 is 0 Å². The highest BCUT2D eigenvalue weighted by Crippen LogP contribution is 2.05. The molecule has 0 heterocycles. The fourth-order valence-electron chi connectivity index (χ4n) is 1.50. The van der Waals surface area contributed by atoms with Crippen LogP contribution in [0.1, 0.15) is 52.9 Å². The zero-order chi connectivity index (χ0) is 10.1. The predicted molar refractivity (Wildman–Crippen MR) is 57.9 cm³/mol. The fraction of sp³-hybridized carbons (Fsp3) is 1.00. The van der Waals surface area contributed by atoms with Gasteiger partial charge in [0, 0.05) is 12.1 Å². The lowest BCUT2D eigenvalue weighted by molar-refractivity contribution is 0.240. The summed E-state index contributed by atoms with van der Waals surface area (Å²) in [6.45, 7) is 6.68. The molecule has 2 atom stereocenters. The molecule has 2 N–H and O–H groups in total. The highest BCUT2D eigenvalue weighted by Gasteiger charge is 2.04. The summed E-state index contributed by atoms with van der Waals surface area (Å²) in [6.07, 6.45) is 6.53. The SMILES string of the molecule is CCCCCCC(C)NC(C)CO. The Balaban J connectivity index is 3.24. The molecule has 0 radical (unpaired) electrons. The molecule has 0 aromatic heterocycles. The van der Waals surface area contributed by atoms with Crippen molar-refractivity contribution < 1.29 is 5.11 Å². The van der Waals surface area contributed by atoms with E-state index in [0.29, 0.717) is 6.04 Å². The molecule has 13 heavy (non-hydrogen) atoms. The quantitative estimate of drug-likeness (QED) is 0.572. The van der Waals surface area contributed by atoms with Crippen LogP contribution in [-0.2, 0) is 0 Å². The molecule has 2 heteroatoms. The van der Waals surface area contributed by atoms with Crippen molar-refractivity contribution in [2.24, 2.45) is 0 Å². The van der Waals surface area contributed by atoms with Crippen molar-refractivity contribution in [3.63, 3.8) is 0 Å². The third-order valence-corrected chi connectivity index (χ3v) is 2.33. The minimum atomic E-state index is 0.235. The topological polar surface area (TPSA) is 32.3 Å². The van der Waals surface area contributed by atoms with Gasteiger partial charge in [-0.3, -0.25) is 0 Å². The molecule has 0 spiro atoms. The maximum Gasteiger partial charge on any atom is 0.0582 e. The number of unbranched alkanes of at least 4 members (excludes halogenated alkanes) is 3. The van der Waals surface area contributed by atoms with Gasteiger partial charge in [0.05, 0.1) is 6.61 Å². The van der Waals surface area contributed by atoms with Crippen LogP contribution in [0.25, 0.3) is 0 Å². The lowest BCUT2D eigenvalue weighted by Gasteiger charge is -2.17. The largest absolute Gasteiger partial charge is 0.395 e. The summed E-state index contributed by atoms with van der Waals surface area (Å²) in [5.41, 5.74) is 0. The van der Waals surface area contributed by atoms with E-state index >= 15 is 0 Å². The molecule has 2 unspecified atom stereocenters. The summed E-state index contributed by atoms with van der Waals surface area (Å²) in [4.78, 5) is 0. The number of hydrogen-bond donors (Lipinski definition) is 2. The van der Waals surface area contributed by atoms with Crippen LogP contribution in [0.2, 0.25) is 0 Å². The van der Waals surface area contributed by atoms with E-state index in [9.17, 15) is 0 Å². The van der Waals surface area contributed by atoms with Gasteiger partial charge in [-0.2, -0.15) is 0 Å². The fourth-order valence-corrected chi connectivity index (χ4v) is 1.50. The first-order valence-corrected chi connectivity index (χ1v) is 5.57. The number of aliphatic hydroxyl groups is 1. The Morgan fingerprint density at radius 3 is 2.31 bits per heavy atom. The molecular weight excluding hydrogens is 162 g/mol. The molecule has 2 nitrogen and oxygen atoms in total. The van der Waals surface area contributed by atoms with E-state index in [1.165, 1.54) is 32.1 Å². The van der Waals surface area contributed by atoms with Gasteiger partial charge < -0.3 is 10.4 Å². The van der Waals surface area contributed by atoms with Crippen LogP contribution in [0.15, 0.2) is 0 Å². The van der Waals surface area contributed by atoms with E-state index in [0.717, 1.165) is 0 Å². The first-order chi connectivity index (χ1) is 6.20. The maximum absolute atomic E-state index is 8.83. The maximum atomic E-state index is 8.83. The number of aliphatic hydroxyl groups excluding tert-OH is 1. The van der Waals surface area contributed by atoms with Crippen molar-refractivity contribution in [2.75, 3.05) is 6.61 Å². The van der Waals surface area contributed by atoms with Crippen LogP contribution in [0, 0.1) is 0 Å². The Kier molecular flexibility index (Phi) is 8.46. The van der Waals surface area contributed by atoms with Gasteiger partial charge in [0.1, 0.15) is 0 Å². The van der Waals surface area contributed by atoms with Crippen LogP contribution in [0.5, 0.6) is 0 Å². The van der Waals surface area contributed by atoms with Crippen LogP contribution in [-0.4, -0.2) is 23.8 Å². The van der Waals surface area contributed by atoms with Crippen LogP contribution >= 0.6 is 0 Å². The molecule has 0 rings (SSSR count). The Hall–Kier alpha value is -0.0800. The summed E-state index contributed by atoms with van der Waals surface area (Å²) in [5, 5.41) is 12.2. The number of nitrogens with one attached hydrogen (secondary N) is 1. The van der Waals surface area contributed by atoms with Crippen LogP contribution < -0.4 is 5.32 Å². The highest BCUT2D eigenvalue weighted by atomic mass is 16.3. The zero-order valence-corrected chi connectivity index (χ0v) is 9.34. The Morgan fingerprint density at radius 1 is 1.08 bits per heavy atom. The summed E-state index contributed by atoms with van der Waals surface area (Å²) in [5.74, 6) is 0. The molecular formula is C11H25NO. The van der Waals surface area contributed by atoms with Crippen molar-refractivity contribution in [3.8, 4) is 0 Å². The second-order valence-electron chi connectivity index (χ2n) is 4.00. The first kappa shape index (κ1) is 12.9. The second kappa shape index (κ2) is 8.52. The summed E-state index contributed by atoms with van der Waals surface area (Å²) in [7, 11) is 0. The van der Waals surface area contributed by atoms with Gasteiger partial charge in [-0.25, -0.2) is 0 Å². The number of rotatable bonds is 8. The first-order valence-electron chi connectivity index (χ1n) is 5.57. The Bertz CT molecular complexity index is 106. The van der Waals surface area contributed by atoms with Crippen LogP contribution in [0.3, 0.4) is 0 Å². The molecule has 0 aliphatic heterocycles. The molecule has 0 aromatic carbocycles. The highest BCUT2D eigenvalue weighted by molar-refractivity contribution is 4.66. The van der Waals surface area contributed by atoms with E-state index in [1.807, 2.05) is 6.92 Å². The van der Waals surface area contributed by atoms with E-state index in [2.05, 4.69) is 19.2 Å². The summed E-state index contributed by atoms with van der Waals surface area (Å²) >= 11 is 0. The molecule has 0 saturated carbocycles. The normalized spacial score (nSPS) is 15.7.